The van der Waals surface area contributed by atoms with Gasteiger partial charge in [-0.2, -0.15) is 0 Å². The van der Waals surface area contributed by atoms with Gasteiger partial charge in [-0.3, -0.25) is 14.4 Å². The molecule has 1 heterocycles. The fraction of sp³-hybridized carbons (Fsp3) is 0.556. The van der Waals surface area contributed by atoms with Gasteiger partial charge in [0, 0.05) is 31.1 Å². The van der Waals surface area contributed by atoms with Crippen LogP contribution in [0.15, 0.2) is 71.8 Å². The normalized spacial score (nSPS) is 33.3. The van der Waals surface area contributed by atoms with Crippen molar-refractivity contribution in [3.05, 3.63) is 82.9 Å². The van der Waals surface area contributed by atoms with Gasteiger partial charge in [0.25, 0.3) is 0 Å². The van der Waals surface area contributed by atoms with E-state index in [1.54, 1.807) is 90.1 Å². The van der Waals surface area contributed by atoms with Gasteiger partial charge in [0.2, 0.25) is 0 Å². The van der Waals surface area contributed by atoms with Crippen LogP contribution in [0, 0.1) is 22.7 Å². The summed E-state index contributed by atoms with van der Waals surface area (Å²) in [4.78, 5) is 82.8. The van der Waals surface area contributed by atoms with Crippen molar-refractivity contribution in [1.29, 1.82) is 0 Å². The first-order valence-corrected chi connectivity index (χ1v) is 20.2. The number of rotatable bonds is 9. The van der Waals surface area contributed by atoms with Crippen LogP contribution in [-0.4, -0.2) is 99.9 Å². The molecule has 7 rings (SSSR count). The number of aliphatic hydroxyl groups is 2. The number of alkyl carbamates (subject to hydrolysis) is 1. The number of amides is 1. The first kappa shape index (κ1) is 43.0. The minimum absolute atomic E-state index is 0.128. The number of aliphatic hydroxyl groups excluding tert-OH is 1. The average Bonchev–Trinajstić information content (AvgIpc) is 3.90. The number of esters is 4. The topological polar surface area (TPSA) is 210 Å². The van der Waals surface area contributed by atoms with Crippen LogP contribution < -0.4 is 5.32 Å². The number of ether oxygens (including phenoxy) is 6. The van der Waals surface area contributed by atoms with E-state index in [0.29, 0.717) is 12.0 Å². The number of carbonyl (C=O) groups is 6. The Labute approximate surface area is 348 Å². The summed E-state index contributed by atoms with van der Waals surface area (Å²) >= 11 is 0. The van der Waals surface area contributed by atoms with Gasteiger partial charge in [-0.1, -0.05) is 62.4 Å². The van der Waals surface area contributed by atoms with Crippen molar-refractivity contribution < 1.29 is 67.4 Å². The van der Waals surface area contributed by atoms with E-state index in [1.807, 2.05) is 0 Å². The van der Waals surface area contributed by atoms with Crippen LogP contribution in [-0.2, 0) is 47.6 Å². The number of benzene rings is 2. The van der Waals surface area contributed by atoms with Crippen molar-refractivity contribution in [1.82, 2.24) is 5.32 Å². The first-order chi connectivity index (χ1) is 28.1. The predicted octanol–water partition coefficient (Wildman–Crippen LogP) is 4.47. The molecule has 60 heavy (non-hydrogen) atoms. The van der Waals surface area contributed by atoms with Crippen LogP contribution in [0.1, 0.15) is 96.6 Å². The lowest BCUT2D eigenvalue weighted by Gasteiger charge is -2.64. The lowest BCUT2D eigenvalue weighted by molar-refractivity contribution is -0.323. The molecule has 3 N–H and O–H groups in total. The number of fused-ring (bicyclic) bond motifs is 4. The molecule has 2 aromatic rings. The van der Waals surface area contributed by atoms with Crippen LogP contribution in [0.3, 0.4) is 0 Å². The summed E-state index contributed by atoms with van der Waals surface area (Å²) in [7, 11) is 0. The maximum absolute atomic E-state index is 15.4. The van der Waals surface area contributed by atoms with Gasteiger partial charge in [0.05, 0.1) is 24.1 Å². The summed E-state index contributed by atoms with van der Waals surface area (Å²) in [5.41, 5.74) is -6.79. The molecule has 4 aliphatic carbocycles. The van der Waals surface area contributed by atoms with E-state index in [2.05, 4.69) is 5.32 Å². The van der Waals surface area contributed by atoms with Gasteiger partial charge < -0.3 is 44.0 Å². The summed E-state index contributed by atoms with van der Waals surface area (Å²) in [5, 5.41) is 27.9. The SMILES string of the molecule is CC(=O)O[C@H]1C(=O)C23CC2C[C@H]2OC[C@@]2(OC(C)=O)[C@H]3[C@H](OC(=O)c2ccccc2)[C@]2(O)C[C@H](OC(=O)[C@H](O)[C@@H](NC(=O)OC(C)(C)C)c3ccccc3)C(C)=C1C2(C)C. The zero-order chi connectivity index (χ0) is 43.7. The predicted molar refractivity (Wildman–Crippen MR) is 210 cm³/mol. The molecule has 1 spiro atoms. The molecule has 1 amide bonds. The number of hydrogen-bond acceptors (Lipinski definition) is 14. The van der Waals surface area contributed by atoms with E-state index in [0.717, 1.165) is 6.92 Å². The molecule has 2 bridgehead atoms. The number of Topliss-reactive ketones (excluding diaryl/α,β-unsaturated/α-hetero) is 1. The van der Waals surface area contributed by atoms with Crippen LogP contribution >= 0.6 is 0 Å². The molecule has 1 aliphatic heterocycles. The molecule has 3 saturated carbocycles. The quantitative estimate of drug-likeness (QED) is 0.181. The minimum atomic E-state index is -2.25. The molecule has 15 nitrogen and oxygen atoms in total. The molecule has 2 aromatic carbocycles. The minimum Gasteiger partial charge on any atom is -0.456 e. The Morgan fingerprint density at radius 2 is 1.53 bits per heavy atom. The van der Waals surface area contributed by atoms with Crippen molar-refractivity contribution in [3.63, 3.8) is 0 Å². The van der Waals surface area contributed by atoms with Gasteiger partial charge in [-0.15, -0.1) is 0 Å². The third-order valence-corrected chi connectivity index (χ3v) is 13.2. The summed E-state index contributed by atoms with van der Waals surface area (Å²) in [6.07, 6.45) is -8.18. The monoisotopic (exact) mass is 831 g/mol. The van der Waals surface area contributed by atoms with Gasteiger partial charge in [-0.25, -0.2) is 14.4 Å². The summed E-state index contributed by atoms with van der Waals surface area (Å²) in [5.74, 6) is -5.65. The fourth-order valence-corrected chi connectivity index (χ4v) is 10.4. The van der Waals surface area contributed by atoms with E-state index in [4.69, 9.17) is 28.4 Å². The number of carbonyl (C=O) groups excluding carboxylic acids is 6. The first-order valence-electron chi connectivity index (χ1n) is 20.2. The Bertz CT molecular complexity index is 2110. The highest BCUT2D eigenvalue weighted by molar-refractivity contribution is 5.97. The van der Waals surface area contributed by atoms with E-state index in [-0.39, 0.29) is 35.7 Å². The van der Waals surface area contributed by atoms with Crippen molar-refractivity contribution in [3.8, 4) is 0 Å². The van der Waals surface area contributed by atoms with E-state index in [9.17, 15) is 34.2 Å². The maximum atomic E-state index is 15.4. The van der Waals surface area contributed by atoms with E-state index in [1.165, 1.54) is 19.1 Å². The molecule has 322 valence electrons. The molecular formula is C45H53NO14. The third kappa shape index (κ3) is 7.07. The van der Waals surface area contributed by atoms with Crippen LogP contribution in [0.5, 0.6) is 0 Å². The molecule has 11 atom stereocenters. The van der Waals surface area contributed by atoms with Crippen molar-refractivity contribution >= 4 is 35.8 Å². The van der Waals surface area contributed by atoms with Crippen LogP contribution in [0.2, 0.25) is 0 Å². The van der Waals surface area contributed by atoms with Crippen molar-refractivity contribution in [2.75, 3.05) is 6.61 Å². The van der Waals surface area contributed by atoms with Crippen molar-refractivity contribution in [2.45, 2.75) is 128 Å². The van der Waals surface area contributed by atoms with Crippen LogP contribution in [0.4, 0.5) is 4.79 Å². The summed E-state index contributed by atoms with van der Waals surface area (Å²) in [6.45, 7) is 12.0. The Hall–Kier alpha value is -5.12. The van der Waals surface area contributed by atoms with Gasteiger partial charge in [-0.05, 0) is 75.3 Å². The van der Waals surface area contributed by atoms with Gasteiger partial charge in [0.1, 0.15) is 29.5 Å². The molecule has 1 saturated heterocycles. The lowest BCUT2D eigenvalue weighted by atomic mass is 9.48. The summed E-state index contributed by atoms with van der Waals surface area (Å²) in [6, 6.07) is 14.9. The van der Waals surface area contributed by atoms with E-state index < -0.39 is 112 Å². The molecular weight excluding hydrogens is 778 g/mol. The fourth-order valence-electron chi connectivity index (χ4n) is 10.4. The molecule has 15 heteroatoms. The Kier molecular flexibility index (Phi) is 10.8. The third-order valence-electron chi connectivity index (χ3n) is 13.2. The average molecular weight is 832 g/mol. The Balaban J connectivity index is 1.37. The zero-order valence-corrected chi connectivity index (χ0v) is 35.0. The highest BCUT2D eigenvalue weighted by atomic mass is 16.6. The standard InChI is InChI=1S/C45H53NO14/c1-23-29(57-39(52)33(49)32(26-15-11-9-12-16-26)46-40(53)60-41(4,5)6)21-45(54)37(58-38(51)27-17-13-10-14-18-27)35-43(36(50)34(56-24(2)47)31(23)42(45,7)8)20-28(43)19-30-44(35,22-55-30)59-25(3)48/h9-18,28-30,32-35,37,49,54H,19-22H2,1-8H3,(H,46,53)/t28?,29-,30+,32-,33+,34+,35-,37-,43?,44-,45+/m0/s1. The largest absolute Gasteiger partial charge is 0.456 e. The second-order valence-corrected chi connectivity index (χ2v) is 18.3. The highest BCUT2D eigenvalue weighted by Crippen LogP contribution is 2.74. The van der Waals surface area contributed by atoms with Crippen molar-refractivity contribution in [2.24, 2.45) is 22.7 Å². The Morgan fingerprint density at radius 1 is 0.900 bits per heavy atom. The molecule has 0 radical (unpaired) electrons. The highest BCUT2D eigenvalue weighted by Gasteiger charge is 2.84. The van der Waals surface area contributed by atoms with Crippen LogP contribution in [0.25, 0.3) is 0 Å². The van der Waals surface area contributed by atoms with Gasteiger partial charge in [0.15, 0.2) is 23.6 Å². The second kappa shape index (κ2) is 15.1. The number of nitrogens with one attached hydrogen (secondary N) is 1. The number of hydrogen-bond donors (Lipinski definition) is 3. The maximum Gasteiger partial charge on any atom is 0.408 e. The second-order valence-electron chi connectivity index (χ2n) is 18.3. The number of ketones is 1. The molecule has 0 aromatic heterocycles. The smallest absolute Gasteiger partial charge is 0.408 e. The van der Waals surface area contributed by atoms with Gasteiger partial charge >= 0.3 is 30.0 Å². The Morgan fingerprint density at radius 3 is 2.10 bits per heavy atom. The van der Waals surface area contributed by atoms with E-state index >= 15 is 4.79 Å². The molecule has 4 fully saturated rings. The zero-order valence-electron chi connectivity index (χ0n) is 35.0. The molecule has 2 unspecified atom stereocenters. The summed E-state index contributed by atoms with van der Waals surface area (Å²) < 4.78 is 36.0. The lowest BCUT2D eigenvalue weighted by Crippen LogP contribution is -2.78. The molecule has 5 aliphatic rings.